The number of fused-ring (bicyclic) bond motifs is 3. The van der Waals surface area contributed by atoms with Gasteiger partial charge in [-0.15, -0.1) is 0 Å². The minimum absolute atomic E-state index is 0.0358. The summed E-state index contributed by atoms with van der Waals surface area (Å²) in [6, 6.07) is 25.0. The van der Waals surface area contributed by atoms with Crippen molar-refractivity contribution in [3.05, 3.63) is 130 Å². The average Bonchev–Trinajstić information content (AvgIpc) is 3.20. The number of phenolic OH excluding ortho intramolecular Hbond substituents is 4. The second-order valence-electron chi connectivity index (χ2n) is 10.7. The molecule has 4 N–H and O–H groups in total. The standard InChI is InChI=1S/C35H28O7/c1-42-35(19-22-6-12-27(38)13-7-22)33(40)29-15-14-28-23(16-20-2-8-25(36)9-3-20)18-24(17-21-4-10-26(37)11-5-21)32(39)30(28)31(29)34(35)41/h2-15,18,36-39H,16-17,19H2,1H3. The van der Waals surface area contributed by atoms with Gasteiger partial charge in [-0.3, -0.25) is 9.59 Å². The van der Waals surface area contributed by atoms with Gasteiger partial charge in [-0.25, -0.2) is 0 Å². The molecule has 210 valence electrons. The van der Waals surface area contributed by atoms with Crippen LogP contribution in [-0.2, 0) is 24.0 Å². The van der Waals surface area contributed by atoms with Gasteiger partial charge in [0.1, 0.15) is 23.0 Å². The molecule has 0 aromatic heterocycles. The van der Waals surface area contributed by atoms with Crippen molar-refractivity contribution in [1.82, 2.24) is 0 Å². The maximum Gasteiger partial charge on any atom is 0.204 e. The first-order chi connectivity index (χ1) is 20.2. The van der Waals surface area contributed by atoms with E-state index in [1.807, 2.05) is 18.2 Å². The quantitative estimate of drug-likeness (QED) is 0.184. The van der Waals surface area contributed by atoms with Crippen molar-refractivity contribution in [3.63, 3.8) is 0 Å². The zero-order valence-corrected chi connectivity index (χ0v) is 22.8. The summed E-state index contributed by atoms with van der Waals surface area (Å²) >= 11 is 0. The number of hydrogen-bond donors (Lipinski definition) is 4. The number of benzene rings is 5. The lowest BCUT2D eigenvalue weighted by atomic mass is 9.87. The highest BCUT2D eigenvalue weighted by Crippen LogP contribution is 2.44. The maximum atomic E-state index is 14.2. The van der Waals surface area contributed by atoms with Crippen LogP contribution in [0.4, 0.5) is 0 Å². The Morgan fingerprint density at radius 1 is 0.619 bits per heavy atom. The van der Waals surface area contributed by atoms with Gasteiger partial charge >= 0.3 is 0 Å². The molecule has 0 amide bonds. The first-order valence-electron chi connectivity index (χ1n) is 13.5. The topological polar surface area (TPSA) is 124 Å². The Morgan fingerprint density at radius 2 is 1.12 bits per heavy atom. The SMILES string of the molecule is COC1(Cc2ccc(O)cc2)C(=O)c2ccc3c(Cc4ccc(O)cc4)cc(Cc4ccc(O)cc4)c(O)c3c2C1=O. The largest absolute Gasteiger partial charge is 0.508 e. The fraction of sp³-hybridized carbons (Fsp3) is 0.143. The maximum absolute atomic E-state index is 14.2. The number of aromatic hydroxyl groups is 4. The Kier molecular flexibility index (Phi) is 6.67. The number of rotatable bonds is 7. The molecule has 5 aromatic rings. The van der Waals surface area contributed by atoms with Gasteiger partial charge in [0.15, 0.2) is 5.60 Å². The lowest BCUT2D eigenvalue weighted by molar-refractivity contribution is 0.0122. The van der Waals surface area contributed by atoms with Gasteiger partial charge in [-0.2, -0.15) is 0 Å². The van der Waals surface area contributed by atoms with Crippen LogP contribution >= 0.6 is 0 Å². The van der Waals surface area contributed by atoms with Crippen molar-refractivity contribution in [1.29, 1.82) is 0 Å². The Morgan fingerprint density at radius 3 is 1.64 bits per heavy atom. The highest BCUT2D eigenvalue weighted by molar-refractivity contribution is 6.36. The van der Waals surface area contributed by atoms with Crippen molar-refractivity contribution >= 4 is 22.3 Å². The van der Waals surface area contributed by atoms with E-state index in [0.29, 0.717) is 34.7 Å². The number of ether oxygens (including phenoxy) is 1. The second kappa shape index (κ2) is 10.4. The summed E-state index contributed by atoms with van der Waals surface area (Å²) in [7, 11) is 1.33. The number of ketones is 2. The normalized spacial score (nSPS) is 16.2. The molecule has 0 bridgehead atoms. The van der Waals surface area contributed by atoms with Crippen molar-refractivity contribution in [2.45, 2.75) is 24.9 Å². The molecule has 0 spiro atoms. The van der Waals surface area contributed by atoms with Crippen molar-refractivity contribution < 1.29 is 34.8 Å². The third-order valence-corrected chi connectivity index (χ3v) is 8.05. The number of carbonyl (C=O) groups is 2. The molecular weight excluding hydrogens is 532 g/mol. The summed E-state index contributed by atoms with van der Waals surface area (Å²) in [6.45, 7) is 0. The van der Waals surface area contributed by atoms with Crippen LogP contribution in [0.2, 0.25) is 0 Å². The molecule has 0 saturated heterocycles. The lowest BCUT2D eigenvalue weighted by Gasteiger charge is -2.24. The molecular formula is C35H28O7. The summed E-state index contributed by atoms with van der Waals surface area (Å²) in [4.78, 5) is 28.1. The number of hydrogen-bond acceptors (Lipinski definition) is 7. The summed E-state index contributed by atoms with van der Waals surface area (Å²) in [5, 5.41) is 41.8. The minimum Gasteiger partial charge on any atom is -0.508 e. The van der Waals surface area contributed by atoms with Crippen LogP contribution < -0.4 is 0 Å². The first kappa shape index (κ1) is 27.1. The molecule has 0 fully saturated rings. The van der Waals surface area contributed by atoms with Gasteiger partial charge in [-0.1, -0.05) is 48.5 Å². The summed E-state index contributed by atoms with van der Waals surface area (Å²) in [5.74, 6) is -0.771. The molecule has 0 aliphatic heterocycles. The van der Waals surface area contributed by atoms with Gasteiger partial charge in [0, 0.05) is 36.5 Å². The van der Waals surface area contributed by atoms with Crippen LogP contribution in [0.1, 0.15) is 48.5 Å². The molecule has 7 heteroatoms. The second-order valence-corrected chi connectivity index (χ2v) is 10.7. The number of methoxy groups -OCH3 is 1. The minimum atomic E-state index is -1.82. The van der Waals surface area contributed by atoms with Gasteiger partial charge in [-0.05, 0) is 82.1 Å². The molecule has 0 radical (unpaired) electrons. The first-order valence-corrected chi connectivity index (χ1v) is 13.5. The molecule has 7 nitrogen and oxygen atoms in total. The zero-order chi connectivity index (χ0) is 29.6. The van der Waals surface area contributed by atoms with Gasteiger partial charge < -0.3 is 25.2 Å². The molecule has 0 saturated carbocycles. The average molecular weight is 561 g/mol. The molecule has 1 aliphatic rings. The Bertz CT molecular complexity index is 1840. The summed E-state index contributed by atoms with van der Waals surface area (Å²) in [6.07, 6.45) is 0.731. The smallest absolute Gasteiger partial charge is 0.204 e. The fourth-order valence-corrected chi connectivity index (χ4v) is 5.85. The van der Waals surface area contributed by atoms with Crippen LogP contribution in [0.25, 0.3) is 10.8 Å². The molecule has 1 atom stereocenters. The Labute approximate surface area is 241 Å². The summed E-state index contributed by atoms with van der Waals surface area (Å²) < 4.78 is 5.71. The van der Waals surface area contributed by atoms with Crippen molar-refractivity contribution in [2.24, 2.45) is 0 Å². The fourth-order valence-electron chi connectivity index (χ4n) is 5.85. The van der Waals surface area contributed by atoms with E-state index in [0.717, 1.165) is 16.7 Å². The van der Waals surface area contributed by atoms with Gasteiger partial charge in [0.25, 0.3) is 0 Å². The lowest BCUT2D eigenvalue weighted by Crippen LogP contribution is -2.45. The third kappa shape index (κ3) is 4.54. The molecule has 1 aliphatic carbocycles. The Hall–Kier alpha value is -5.14. The van der Waals surface area contributed by atoms with E-state index < -0.39 is 17.2 Å². The molecule has 1 unspecified atom stereocenters. The molecule has 6 rings (SSSR count). The third-order valence-electron chi connectivity index (χ3n) is 8.05. The van der Waals surface area contributed by atoms with E-state index in [4.69, 9.17) is 4.74 Å². The van der Waals surface area contributed by atoms with E-state index >= 15 is 0 Å². The number of phenols is 4. The summed E-state index contributed by atoms with van der Waals surface area (Å²) in [5.41, 5.74) is 2.27. The predicted molar refractivity (Wildman–Crippen MR) is 158 cm³/mol. The molecule has 42 heavy (non-hydrogen) atoms. The highest BCUT2D eigenvalue weighted by Gasteiger charge is 2.54. The van der Waals surface area contributed by atoms with Crippen molar-refractivity contribution in [2.75, 3.05) is 7.11 Å². The molecule has 5 aromatic carbocycles. The zero-order valence-electron chi connectivity index (χ0n) is 22.8. The van der Waals surface area contributed by atoms with E-state index in [-0.39, 0.29) is 40.5 Å². The monoisotopic (exact) mass is 560 g/mol. The van der Waals surface area contributed by atoms with Crippen LogP contribution in [0.3, 0.4) is 0 Å². The van der Waals surface area contributed by atoms with Gasteiger partial charge in [0.2, 0.25) is 11.6 Å². The van der Waals surface area contributed by atoms with Crippen LogP contribution in [0.15, 0.2) is 91.0 Å². The highest BCUT2D eigenvalue weighted by atomic mass is 16.5. The number of Topliss-reactive ketones (excluding diaryl/α,β-unsaturated/α-hetero) is 2. The Balaban J connectivity index is 1.54. The van der Waals surface area contributed by atoms with Crippen LogP contribution in [0.5, 0.6) is 23.0 Å². The van der Waals surface area contributed by atoms with E-state index in [2.05, 4.69) is 0 Å². The van der Waals surface area contributed by atoms with E-state index in [1.54, 1.807) is 60.7 Å². The van der Waals surface area contributed by atoms with E-state index in [9.17, 15) is 30.0 Å². The van der Waals surface area contributed by atoms with Gasteiger partial charge in [0.05, 0.1) is 0 Å². The van der Waals surface area contributed by atoms with Crippen molar-refractivity contribution in [3.8, 4) is 23.0 Å². The van der Waals surface area contributed by atoms with Crippen LogP contribution in [0, 0.1) is 0 Å². The van der Waals surface area contributed by atoms with E-state index in [1.165, 1.54) is 19.2 Å². The van der Waals surface area contributed by atoms with Crippen LogP contribution in [-0.4, -0.2) is 44.7 Å². The predicted octanol–water partition coefficient (Wildman–Crippen LogP) is 5.85. The number of carbonyl (C=O) groups excluding carboxylic acids is 2. The molecule has 0 heterocycles.